The number of aromatic hydroxyl groups is 2. The minimum absolute atomic E-state index is 0.238. The molecule has 0 radical (unpaired) electrons. The number of nitrogens with zero attached hydrogens (tertiary/aromatic N) is 1. The van der Waals surface area contributed by atoms with Crippen LogP contribution in [0.3, 0.4) is 0 Å². The number of allylic oxidation sites excluding steroid dienone is 1. The normalized spacial score (nSPS) is 21.8. The van der Waals surface area contributed by atoms with Crippen LogP contribution in [0, 0.1) is 5.92 Å². The number of ether oxygens (including phenoxy) is 2. The molecule has 9 heteroatoms. The van der Waals surface area contributed by atoms with Crippen LogP contribution in [0.1, 0.15) is 30.3 Å². The van der Waals surface area contributed by atoms with E-state index in [1.807, 2.05) is 37.3 Å². The van der Waals surface area contributed by atoms with Crippen LogP contribution in [0.5, 0.6) is 11.5 Å². The van der Waals surface area contributed by atoms with Crippen molar-refractivity contribution >= 4 is 23.3 Å². The Kier molecular flexibility index (Phi) is 6.53. The Morgan fingerprint density at radius 1 is 1.06 bits per heavy atom. The highest BCUT2D eigenvalue weighted by atomic mass is 32.1. The Morgan fingerprint density at radius 3 is 2.40 bits per heavy atom. The molecule has 0 saturated carbocycles. The van der Waals surface area contributed by atoms with Crippen LogP contribution in [0.2, 0.25) is 0 Å². The summed E-state index contributed by atoms with van der Waals surface area (Å²) in [6.07, 6.45) is 0. The zero-order chi connectivity index (χ0) is 25.3. The number of phenolic OH excluding ortho intramolecular Hbond substituents is 2. The van der Waals surface area contributed by atoms with Crippen LogP contribution in [0.4, 0.5) is 0 Å². The third-order valence-electron chi connectivity index (χ3n) is 6.41. The largest absolute Gasteiger partial charge is 0.504 e. The Morgan fingerprint density at radius 2 is 1.77 bits per heavy atom. The van der Waals surface area contributed by atoms with Crippen LogP contribution in [-0.2, 0) is 24.6 Å². The Balaban J connectivity index is 1.92. The second kappa shape index (κ2) is 9.42. The molecule has 0 bridgehead atoms. The standard InChI is InChI=1S/C26H26N2O6S/c1-14-20(24(31)33-3)21(23-27-17(13-35-23)15-10-11-18(29)19(30)12-15)22(25(32)34-4)26(2,28-14)16-8-6-5-7-9-16/h5-13,21-22,28-30H,1-4H3. The van der Waals surface area contributed by atoms with Crippen LogP contribution in [0.15, 0.2) is 65.2 Å². The zero-order valence-corrected chi connectivity index (χ0v) is 20.6. The van der Waals surface area contributed by atoms with E-state index in [2.05, 4.69) is 5.32 Å². The molecular weight excluding hydrogens is 468 g/mol. The maximum atomic E-state index is 13.3. The minimum atomic E-state index is -0.913. The van der Waals surface area contributed by atoms with Crippen molar-refractivity contribution in [1.82, 2.24) is 10.3 Å². The lowest BCUT2D eigenvalue weighted by Gasteiger charge is -2.46. The third-order valence-corrected chi connectivity index (χ3v) is 7.34. The fourth-order valence-corrected chi connectivity index (χ4v) is 5.68. The molecule has 3 atom stereocenters. The summed E-state index contributed by atoms with van der Waals surface area (Å²) in [7, 11) is 2.62. The highest BCUT2D eigenvalue weighted by Gasteiger charge is 2.54. The first kappa shape index (κ1) is 24.3. The average Bonchev–Trinajstić information content (AvgIpc) is 3.35. The molecule has 2 aromatic carbocycles. The van der Waals surface area contributed by atoms with Gasteiger partial charge in [-0.2, -0.15) is 0 Å². The molecule has 35 heavy (non-hydrogen) atoms. The number of nitrogens with one attached hydrogen (secondary N) is 1. The Labute approximate surface area is 206 Å². The molecule has 182 valence electrons. The molecule has 2 heterocycles. The van der Waals surface area contributed by atoms with E-state index in [-0.39, 0.29) is 11.5 Å². The lowest BCUT2D eigenvalue weighted by atomic mass is 9.67. The topological polar surface area (TPSA) is 118 Å². The number of carbonyl (C=O) groups excluding carboxylic acids is 2. The van der Waals surface area contributed by atoms with Crippen molar-refractivity contribution < 1.29 is 29.3 Å². The van der Waals surface area contributed by atoms with Gasteiger partial charge in [-0.3, -0.25) is 4.79 Å². The van der Waals surface area contributed by atoms with E-state index < -0.39 is 29.3 Å². The van der Waals surface area contributed by atoms with Crippen LogP contribution < -0.4 is 5.32 Å². The molecule has 1 aliphatic heterocycles. The van der Waals surface area contributed by atoms with Gasteiger partial charge in [-0.1, -0.05) is 30.3 Å². The number of methoxy groups -OCH3 is 2. The number of esters is 2. The predicted octanol–water partition coefficient (Wildman–Crippen LogP) is 4.06. The maximum Gasteiger partial charge on any atom is 0.336 e. The quantitative estimate of drug-likeness (QED) is 0.359. The van der Waals surface area contributed by atoms with Crippen molar-refractivity contribution in [2.75, 3.05) is 14.2 Å². The second-order valence-corrected chi connectivity index (χ2v) is 9.37. The summed E-state index contributed by atoms with van der Waals surface area (Å²) < 4.78 is 10.3. The molecule has 8 nitrogen and oxygen atoms in total. The SMILES string of the molecule is COC(=O)C1=C(C)NC(C)(c2ccccc2)C(C(=O)OC)C1c1nc(-c2ccc(O)c(O)c2)cs1. The van der Waals surface area contributed by atoms with Crippen molar-refractivity contribution in [2.24, 2.45) is 5.92 Å². The Bertz CT molecular complexity index is 1300. The number of thiazole rings is 1. The summed E-state index contributed by atoms with van der Waals surface area (Å²) in [5.41, 5.74) is 1.92. The number of hydrogen-bond donors (Lipinski definition) is 3. The first-order valence-corrected chi connectivity index (χ1v) is 11.8. The molecule has 1 aliphatic rings. The van der Waals surface area contributed by atoms with Crippen LogP contribution in [-0.4, -0.2) is 41.4 Å². The van der Waals surface area contributed by atoms with Gasteiger partial charge in [0.15, 0.2) is 11.5 Å². The van der Waals surface area contributed by atoms with E-state index in [0.717, 1.165) is 5.56 Å². The van der Waals surface area contributed by atoms with Gasteiger partial charge in [0.25, 0.3) is 0 Å². The van der Waals surface area contributed by atoms with Gasteiger partial charge in [0.05, 0.1) is 42.9 Å². The summed E-state index contributed by atoms with van der Waals surface area (Å²) in [6.45, 7) is 3.68. The molecule has 0 spiro atoms. The van der Waals surface area contributed by atoms with Crippen LogP contribution >= 0.6 is 11.3 Å². The van der Waals surface area contributed by atoms with Crippen molar-refractivity contribution in [3.63, 3.8) is 0 Å². The van der Waals surface area contributed by atoms with Crippen LogP contribution in [0.25, 0.3) is 11.3 Å². The lowest BCUT2D eigenvalue weighted by Crippen LogP contribution is -2.55. The number of phenols is 2. The first-order valence-electron chi connectivity index (χ1n) is 10.9. The van der Waals surface area contributed by atoms with E-state index >= 15 is 0 Å². The van der Waals surface area contributed by atoms with Crippen molar-refractivity contribution in [1.29, 1.82) is 0 Å². The van der Waals surface area contributed by atoms with Crippen molar-refractivity contribution in [3.8, 4) is 22.8 Å². The van der Waals surface area contributed by atoms with Gasteiger partial charge in [-0.05, 0) is 37.6 Å². The molecule has 0 aliphatic carbocycles. The first-order chi connectivity index (χ1) is 16.7. The molecule has 3 aromatic rings. The molecule has 4 rings (SSSR count). The summed E-state index contributed by atoms with van der Waals surface area (Å²) in [6, 6.07) is 13.9. The number of rotatable bonds is 5. The van der Waals surface area contributed by atoms with Gasteiger partial charge in [0.2, 0.25) is 0 Å². The van der Waals surface area contributed by atoms with E-state index in [9.17, 15) is 19.8 Å². The molecule has 1 aromatic heterocycles. The highest BCUT2D eigenvalue weighted by molar-refractivity contribution is 7.10. The van der Waals surface area contributed by atoms with Crippen molar-refractivity contribution in [3.05, 3.63) is 75.8 Å². The number of hydrogen-bond acceptors (Lipinski definition) is 9. The molecule has 0 fully saturated rings. The van der Waals surface area contributed by atoms with Gasteiger partial charge in [0.1, 0.15) is 5.01 Å². The highest BCUT2D eigenvalue weighted by Crippen LogP contribution is 2.49. The smallest absolute Gasteiger partial charge is 0.336 e. The molecule has 3 unspecified atom stereocenters. The average molecular weight is 495 g/mol. The van der Waals surface area contributed by atoms with Gasteiger partial charge in [-0.15, -0.1) is 11.3 Å². The van der Waals surface area contributed by atoms with E-state index in [1.54, 1.807) is 18.4 Å². The fraction of sp³-hybridized carbons (Fsp3) is 0.269. The van der Waals surface area contributed by atoms with E-state index in [4.69, 9.17) is 14.5 Å². The molecule has 0 amide bonds. The van der Waals surface area contributed by atoms with Gasteiger partial charge < -0.3 is 25.0 Å². The number of benzene rings is 2. The third kappa shape index (κ3) is 4.23. The number of aromatic nitrogens is 1. The predicted molar refractivity (Wildman–Crippen MR) is 131 cm³/mol. The summed E-state index contributed by atoms with van der Waals surface area (Å²) in [4.78, 5) is 31.1. The van der Waals surface area contributed by atoms with Gasteiger partial charge in [0, 0.05) is 16.6 Å². The zero-order valence-electron chi connectivity index (χ0n) is 19.7. The maximum absolute atomic E-state index is 13.3. The monoisotopic (exact) mass is 494 g/mol. The Hall–Kier alpha value is -3.85. The summed E-state index contributed by atoms with van der Waals surface area (Å²) in [5.74, 6) is -3.18. The molecular formula is C26H26N2O6S. The summed E-state index contributed by atoms with van der Waals surface area (Å²) in [5, 5.41) is 25.3. The lowest BCUT2D eigenvalue weighted by molar-refractivity contribution is -0.150. The van der Waals surface area contributed by atoms with E-state index in [1.165, 1.54) is 37.7 Å². The second-order valence-electron chi connectivity index (χ2n) is 8.48. The molecule has 0 saturated heterocycles. The molecule has 3 N–H and O–H groups in total. The summed E-state index contributed by atoms with van der Waals surface area (Å²) >= 11 is 1.29. The van der Waals surface area contributed by atoms with Gasteiger partial charge in [-0.25, -0.2) is 9.78 Å². The minimum Gasteiger partial charge on any atom is -0.504 e. The van der Waals surface area contributed by atoms with E-state index in [0.29, 0.717) is 27.5 Å². The van der Waals surface area contributed by atoms with Crippen molar-refractivity contribution in [2.45, 2.75) is 25.3 Å². The fourth-order valence-electron chi connectivity index (χ4n) is 4.70. The van der Waals surface area contributed by atoms with Gasteiger partial charge >= 0.3 is 11.9 Å². The number of carbonyl (C=O) groups is 2.